The number of ether oxygens (including phenoxy) is 1. The molecule has 0 saturated carbocycles. The standard InChI is InChI=1S/C17H16ClN3O4S/c1-24-15-5-3-2-4-14(15)17-20-16(25-21-17)10-11-19-26(22,23)13-8-6-12(18)7-9-13/h2-9,19H,10-11H2,1H3. The molecule has 3 rings (SSSR count). The summed E-state index contributed by atoms with van der Waals surface area (Å²) in [4.78, 5) is 4.42. The summed E-state index contributed by atoms with van der Waals surface area (Å²) in [5.41, 5.74) is 0.701. The molecule has 9 heteroatoms. The van der Waals surface area contributed by atoms with Gasteiger partial charge in [0.15, 0.2) is 0 Å². The number of benzene rings is 2. The van der Waals surface area contributed by atoms with Gasteiger partial charge in [-0.25, -0.2) is 13.1 Å². The first-order valence-corrected chi connectivity index (χ1v) is 9.57. The molecule has 0 amide bonds. The van der Waals surface area contributed by atoms with Crippen molar-refractivity contribution >= 4 is 21.6 Å². The second-order valence-corrected chi connectivity index (χ2v) is 7.52. The molecule has 7 nitrogen and oxygen atoms in total. The van der Waals surface area contributed by atoms with Crippen LogP contribution in [0.2, 0.25) is 5.02 Å². The van der Waals surface area contributed by atoms with Gasteiger partial charge in [-0.2, -0.15) is 4.98 Å². The molecule has 1 aromatic heterocycles. The monoisotopic (exact) mass is 393 g/mol. The number of methoxy groups -OCH3 is 1. The second-order valence-electron chi connectivity index (χ2n) is 5.31. The van der Waals surface area contributed by atoms with E-state index in [0.29, 0.717) is 28.1 Å². The van der Waals surface area contributed by atoms with Crippen molar-refractivity contribution < 1.29 is 17.7 Å². The number of halogens is 1. The number of para-hydroxylation sites is 1. The van der Waals surface area contributed by atoms with Crippen LogP contribution in [-0.4, -0.2) is 32.2 Å². The minimum Gasteiger partial charge on any atom is -0.496 e. The van der Waals surface area contributed by atoms with E-state index < -0.39 is 10.0 Å². The lowest BCUT2D eigenvalue weighted by atomic mass is 10.2. The van der Waals surface area contributed by atoms with Crippen molar-refractivity contribution in [2.24, 2.45) is 0 Å². The van der Waals surface area contributed by atoms with Crippen LogP contribution in [0.25, 0.3) is 11.4 Å². The Morgan fingerprint density at radius 2 is 1.88 bits per heavy atom. The average Bonchev–Trinajstić information content (AvgIpc) is 3.10. The van der Waals surface area contributed by atoms with Crippen LogP contribution in [0.5, 0.6) is 5.75 Å². The maximum Gasteiger partial charge on any atom is 0.240 e. The zero-order valence-electron chi connectivity index (χ0n) is 13.8. The van der Waals surface area contributed by atoms with Gasteiger partial charge in [0.25, 0.3) is 0 Å². The van der Waals surface area contributed by atoms with Gasteiger partial charge in [0.05, 0.1) is 17.6 Å². The molecule has 0 aliphatic carbocycles. The highest BCUT2D eigenvalue weighted by Gasteiger charge is 2.16. The Kier molecular flexibility index (Phi) is 5.55. The Morgan fingerprint density at radius 1 is 1.15 bits per heavy atom. The molecule has 0 aliphatic rings. The van der Waals surface area contributed by atoms with Gasteiger partial charge >= 0.3 is 0 Å². The third-order valence-corrected chi connectivity index (χ3v) is 5.30. The van der Waals surface area contributed by atoms with E-state index >= 15 is 0 Å². The molecule has 0 unspecified atom stereocenters. The first-order valence-electron chi connectivity index (χ1n) is 7.71. The van der Waals surface area contributed by atoms with E-state index in [-0.39, 0.29) is 17.9 Å². The van der Waals surface area contributed by atoms with Gasteiger partial charge in [0, 0.05) is 18.0 Å². The Bertz CT molecular complexity index is 987. The third kappa shape index (κ3) is 4.21. The van der Waals surface area contributed by atoms with Crippen LogP contribution >= 0.6 is 11.6 Å². The van der Waals surface area contributed by atoms with E-state index in [1.54, 1.807) is 13.2 Å². The molecule has 3 aromatic rings. The zero-order valence-corrected chi connectivity index (χ0v) is 15.4. The summed E-state index contributed by atoms with van der Waals surface area (Å²) in [6.07, 6.45) is 0.259. The SMILES string of the molecule is COc1ccccc1-c1noc(CCNS(=O)(=O)c2ccc(Cl)cc2)n1. The van der Waals surface area contributed by atoms with Crippen LogP contribution < -0.4 is 9.46 Å². The van der Waals surface area contributed by atoms with Gasteiger partial charge in [0.1, 0.15) is 5.75 Å². The van der Waals surface area contributed by atoms with E-state index in [0.717, 1.165) is 0 Å². The Balaban J connectivity index is 1.64. The molecule has 0 radical (unpaired) electrons. The summed E-state index contributed by atoms with van der Waals surface area (Å²) < 4.78 is 37.4. The van der Waals surface area contributed by atoms with Crippen LogP contribution in [0.1, 0.15) is 5.89 Å². The molecule has 1 heterocycles. The van der Waals surface area contributed by atoms with E-state index in [2.05, 4.69) is 14.9 Å². The fourth-order valence-electron chi connectivity index (χ4n) is 2.28. The lowest BCUT2D eigenvalue weighted by molar-refractivity contribution is 0.378. The van der Waals surface area contributed by atoms with Crippen molar-refractivity contribution in [2.75, 3.05) is 13.7 Å². The van der Waals surface area contributed by atoms with Gasteiger partial charge in [-0.1, -0.05) is 28.9 Å². The van der Waals surface area contributed by atoms with Crippen LogP contribution in [0.3, 0.4) is 0 Å². The van der Waals surface area contributed by atoms with Gasteiger partial charge in [-0.3, -0.25) is 0 Å². The first kappa shape index (κ1) is 18.4. The Hall–Kier alpha value is -2.42. The van der Waals surface area contributed by atoms with Crippen molar-refractivity contribution in [1.82, 2.24) is 14.9 Å². The molecule has 26 heavy (non-hydrogen) atoms. The van der Waals surface area contributed by atoms with Gasteiger partial charge in [-0.05, 0) is 36.4 Å². The summed E-state index contributed by atoms with van der Waals surface area (Å²) >= 11 is 5.77. The maximum atomic E-state index is 12.2. The average molecular weight is 394 g/mol. The third-order valence-electron chi connectivity index (χ3n) is 3.57. The van der Waals surface area contributed by atoms with Crippen LogP contribution in [-0.2, 0) is 16.4 Å². The smallest absolute Gasteiger partial charge is 0.240 e. The topological polar surface area (TPSA) is 94.3 Å². The minimum atomic E-state index is -3.62. The fourth-order valence-corrected chi connectivity index (χ4v) is 3.44. The Morgan fingerprint density at radius 3 is 2.62 bits per heavy atom. The molecule has 0 bridgehead atoms. The largest absolute Gasteiger partial charge is 0.496 e. The van der Waals surface area contributed by atoms with E-state index in [9.17, 15) is 8.42 Å². The number of sulfonamides is 1. The number of hydrogen-bond acceptors (Lipinski definition) is 6. The van der Waals surface area contributed by atoms with Crippen molar-refractivity contribution in [3.05, 3.63) is 59.4 Å². The molecule has 0 atom stereocenters. The van der Waals surface area contributed by atoms with Crippen molar-refractivity contribution in [1.29, 1.82) is 0 Å². The number of nitrogens with zero attached hydrogens (tertiary/aromatic N) is 2. The summed E-state index contributed by atoms with van der Waals surface area (Å²) in [5, 5.41) is 4.39. The maximum absolute atomic E-state index is 12.2. The quantitative estimate of drug-likeness (QED) is 0.663. The minimum absolute atomic E-state index is 0.124. The van der Waals surface area contributed by atoms with Gasteiger partial charge in [0.2, 0.25) is 21.7 Å². The number of hydrogen-bond donors (Lipinski definition) is 1. The predicted molar refractivity (Wildman–Crippen MR) is 96.6 cm³/mol. The lowest BCUT2D eigenvalue weighted by Gasteiger charge is -2.05. The molecular formula is C17H16ClN3O4S. The highest BCUT2D eigenvalue weighted by molar-refractivity contribution is 7.89. The molecule has 0 saturated heterocycles. The van der Waals surface area contributed by atoms with Crippen molar-refractivity contribution in [3.63, 3.8) is 0 Å². The molecule has 0 spiro atoms. The second kappa shape index (κ2) is 7.86. The summed E-state index contributed by atoms with van der Waals surface area (Å²) in [7, 11) is -2.06. The first-order chi connectivity index (χ1) is 12.5. The normalized spacial score (nSPS) is 11.5. The van der Waals surface area contributed by atoms with E-state index in [4.69, 9.17) is 20.9 Å². The van der Waals surface area contributed by atoms with Gasteiger partial charge < -0.3 is 9.26 Å². The molecule has 2 aromatic carbocycles. The van der Waals surface area contributed by atoms with Crippen molar-refractivity contribution in [2.45, 2.75) is 11.3 Å². The molecular weight excluding hydrogens is 378 g/mol. The highest BCUT2D eigenvalue weighted by Crippen LogP contribution is 2.27. The molecule has 136 valence electrons. The van der Waals surface area contributed by atoms with Gasteiger partial charge in [-0.15, -0.1) is 0 Å². The Labute approximate surface area is 156 Å². The molecule has 0 fully saturated rings. The highest BCUT2D eigenvalue weighted by atomic mass is 35.5. The van der Waals surface area contributed by atoms with Crippen LogP contribution in [0.4, 0.5) is 0 Å². The number of rotatable bonds is 7. The zero-order chi connectivity index (χ0) is 18.6. The number of nitrogens with one attached hydrogen (secondary N) is 1. The predicted octanol–water partition coefficient (Wildman–Crippen LogP) is 2.92. The van der Waals surface area contributed by atoms with Crippen molar-refractivity contribution in [3.8, 4) is 17.1 Å². The lowest BCUT2D eigenvalue weighted by Crippen LogP contribution is -2.26. The van der Waals surface area contributed by atoms with Crippen LogP contribution in [0.15, 0.2) is 57.9 Å². The summed E-state index contributed by atoms with van der Waals surface area (Å²) in [6, 6.07) is 13.2. The summed E-state index contributed by atoms with van der Waals surface area (Å²) in [6.45, 7) is 0.124. The summed E-state index contributed by atoms with van der Waals surface area (Å²) in [5.74, 6) is 1.34. The number of aromatic nitrogens is 2. The van der Waals surface area contributed by atoms with E-state index in [1.807, 2.05) is 18.2 Å². The fraction of sp³-hybridized carbons (Fsp3) is 0.176. The molecule has 0 aliphatic heterocycles. The molecule has 1 N–H and O–H groups in total. The van der Waals surface area contributed by atoms with E-state index in [1.165, 1.54) is 24.3 Å². The van der Waals surface area contributed by atoms with Crippen LogP contribution in [0, 0.1) is 0 Å².